The van der Waals surface area contributed by atoms with E-state index in [1.165, 1.54) is 13.8 Å². The summed E-state index contributed by atoms with van der Waals surface area (Å²) in [4.78, 5) is 10.6. The summed E-state index contributed by atoms with van der Waals surface area (Å²) in [5.74, 6) is -0.809. The Morgan fingerprint density at radius 1 is 1.29 bits per heavy atom. The van der Waals surface area contributed by atoms with Gasteiger partial charge in [-0.15, -0.1) is 0 Å². The summed E-state index contributed by atoms with van der Waals surface area (Å²) in [5, 5.41) is 13.2. The van der Waals surface area contributed by atoms with Crippen LogP contribution in [0.2, 0.25) is 5.02 Å². The second kappa shape index (κ2) is 7.14. The maximum absolute atomic E-state index is 10.6. The average Bonchev–Trinajstić information content (AvgIpc) is 2.22. The molecule has 0 aliphatic heterocycles. The van der Waals surface area contributed by atoms with Crippen molar-refractivity contribution < 1.29 is 20.0 Å². The lowest BCUT2D eigenvalue weighted by molar-refractivity contribution is -0.597. The van der Waals surface area contributed by atoms with Crippen LogP contribution >= 0.6 is 11.6 Å². The molecule has 0 aromatic heterocycles. The lowest BCUT2D eigenvalue weighted by Crippen LogP contribution is -2.74. The highest BCUT2D eigenvalue weighted by molar-refractivity contribution is 6.30. The number of carbonyl (C=O) groups is 1. The first-order valence-electron chi connectivity index (χ1n) is 5.23. The Bertz CT molecular complexity index is 349. The molecule has 0 fully saturated rings. The van der Waals surface area contributed by atoms with Gasteiger partial charge >= 0.3 is 0 Å². The molecule has 0 amide bonds. The van der Waals surface area contributed by atoms with E-state index in [4.69, 9.17) is 16.3 Å². The molecule has 96 valence electrons. The van der Waals surface area contributed by atoms with Crippen LogP contribution in [0.25, 0.3) is 0 Å². The molecule has 0 radical (unpaired) electrons. The van der Waals surface area contributed by atoms with Crippen LogP contribution in [0.5, 0.6) is 5.75 Å². The van der Waals surface area contributed by atoms with E-state index in [2.05, 4.69) is 0 Å². The summed E-state index contributed by atoms with van der Waals surface area (Å²) in [6.45, 7) is 2.86. The fraction of sp³-hybridized carbons (Fsp3) is 0.417. The van der Waals surface area contributed by atoms with Crippen LogP contribution in [0.15, 0.2) is 24.3 Å². The Hall–Kier alpha value is -1.26. The van der Waals surface area contributed by atoms with E-state index >= 15 is 0 Å². The van der Waals surface area contributed by atoms with Crippen molar-refractivity contribution in [3.63, 3.8) is 0 Å². The summed E-state index contributed by atoms with van der Waals surface area (Å²) >= 11 is 5.66. The molecule has 0 heterocycles. The Balaban J connectivity index is 0.000000770. The highest BCUT2D eigenvalue weighted by Gasteiger charge is 2.21. The Kier molecular flexibility index (Phi) is 6.61. The quantitative estimate of drug-likeness (QED) is 0.835. The number of carboxylic acid groups (broad SMARTS) is 1. The van der Waals surface area contributed by atoms with Crippen LogP contribution in [-0.2, 0) is 4.79 Å². The first kappa shape index (κ1) is 15.7. The van der Waals surface area contributed by atoms with Gasteiger partial charge in [-0.25, -0.2) is 0 Å². The summed E-state index contributed by atoms with van der Waals surface area (Å²) < 4.78 is 5.20. The molecule has 1 rings (SSSR count). The average molecular weight is 260 g/mol. The third kappa shape index (κ3) is 6.14. The third-order valence-corrected chi connectivity index (χ3v) is 1.93. The van der Waals surface area contributed by atoms with Gasteiger partial charge in [0.2, 0.25) is 0 Å². The van der Waals surface area contributed by atoms with Crippen molar-refractivity contribution in [3.8, 4) is 5.75 Å². The molecule has 2 N–H and O–H groups in total. The number of aliphatic carboxylic acids is 1. The number of hydrogen-bond acceptors (Lipinski definition) is 3. The molecule has 0 unspecified atom stereocenters. The molecule has 4 nitrogen and oxygen atoms in total. The van der Waals surface area contributed by atoms with Crippen molar-refractivity contribution in [1.82, 2.24) is 0 Å². The number of ether oxygens (including phenoxy) is 1. The maximum Gasteiger partial charge on any atom is 0.143 e. The minimum Gasteiger partial charge on any atom is -0.546 e. The number of rotatable bonds is 3. The smallest absolute Gasteiger partial charge is 0.143 e. The van der Waals surface area contributed by atoms with Gasteiger partial charge in [-0.1, -0.05) is 11.6 Å². The molecule has 0 spiro atoms. The third-order valence-electron chi connectivity index (χ3n) is 1.68. The highest BCUT2D eigenvalue weighted by Crippen LogP contribution is 2.20. The van der Waals surface area contributed by atoms with E-state index in [0.29, 0.717) is 10.8 Å². The zero-order valence-electron chi connectivity index (χ0n) is 10.5. The van der Waals surface area contributed by atoms with Gasteiger partial charge in [0.1, 0.15) is 11.4 Å². The molecule has 0 bridgehead atoms. The standard InChI is InChI=1S/C10H11ClO3.C2H7N/c1-10(2,9(12)13)14-8-5-3-7(11)4-6-8;1-3-2/h3-6H,1-2H3,(H,12,13);3H,1-2H3. The maximum atomic E-state index is 10.6. The first-order valence-corrected chi connectivity index (χ1v) is 5.61. The van der Waals surface area contributed by atoms with Crippen LogP contribution in [0, 0.1) is 0 Å². The van der Waals surface area contributed by atoms with E-state index in [9.17, 15) is 9.90 Å². The van der Waals surface area contributed by atoms with E-state index in [1.807, 2.05) is 19.4 Å². The van der Waals surface area contributed by atoms with Gasteiger partial charge in [-0.2, -0.15) is 0 Å². The lowest BCUT2D eigenvalue weighted by Gasteiger charge is -2.27. The van der Waals surface area contributed by atoms with Crippen LogP contribution in [0.1, 0.15) is 13.8 Å². The number of quaternary nitrogens is 1. The molecule has 1 aromatic rings. The Morgan fingerprint density at radius 3 is 2.06 bits per heavy atom. The second-order valence-electron chi connectivity index (χ2n) is 3.93. The van der Waals surface area contributed by atoms with Gasteiger partial charge < -0.3 is 20.0 Å². The van der Waals surface area contributed by atoms with Crippen molar-refractivity contribution >= 4 is 17.6 Å². The monoisotopic (exact) mass is 259 g/mol. The predicted molar refractivity (Wildman–Crippen MR) is 64.9 cm³/mol. The highest BCUT2D eigenvalue weighted by atomic mass is 35.5. The molecule has 0 atom stereocenters. The minimum atomic E-state index is -1.34. The molecule has 17 heavy (non-hydrogen) atoms. The Labute approximate surface area is 107 Å². The van der Waals surface area contributed by atoms with Gasteiger partial charge in [0.15, 0.2) is 0 Å². The summed E-state index contributed by atoms with van der Waals surface area (Å²) in [7, 11) is 4.00. The molecule has 5 heteroatoms. The number of carbonyl (C=O) groups excluding carboxylic acids is 1. The van der Waals surface area contributed by atoms with Gasteiger partial charge in [0.05, 0.1) is 20.1 Å². The summed E-state index contributed by atoms with van der Waals surface area (Å²) in [6, 6.07) is 6.46. The number of nitrogens with two attached hydrogens (primary N) is 1. The SMILES string of the molecule is CC(C)(Oc1ccc(Cl)cc1)C(=O)[O-].C[NH2+]C. The normalized spacial score (nSPS) is 10.2. The van der Waals surface area contributed by atoms with Crippen molar-refractivity contribution in [1.29, 1.82) is 0 Å². The van der Waals surface area contributed by atoms with E-state index in [1.54, 1.807) is 24.3 Å². The van der Waals surface area contributed by atoms with Crippen molar-refractivity contribution in [2.45, 2.75) is 19.4 Å². The molecule has 0 saturated carbocycles. The Morgan fingerprint density at radius 2 is 1.71 bits per heavy atom. The van der Waals surface area contributed by atoms with E-state index in [-0.39, 0.29) is 0 Å². The minimum absolute atomic E-state index is 0.448. The lowest BCUT2D eigenvalue weighted by atomic mass is 10.1. The largest absolute Gasteiger partial charge is 0.546 e. The summed E-state index contributed by atoms with van der Waals surface area (Å²) in [6.07, 6.45) is 0. The first-order chi connectivity index (χ1) is 7.83. The van der Waals surface area contributed by atoms with Crippen LogP contribution in [-0.4, -0.2) is 25.7 Å². The molecular weight excluding hydrogens is 242 g/mol. The molecule has 0 aliphatic rings. The zero-order chi connectivity index (χ0) is 13.5. The zero-order valence-corrected chi connectivity index (χ0v) is 11.2. The van der Waals surface area contributed by atoms with Crippen molar-refractivity contribution in [2.24, 2.45) is 0 Å². The fourth-order valence-corrected chi connectivity index (χ4v) is 0.965. The van der Waals surface area contributed by atoms with Gasteiger partial charge in [-0.3, -0.25) is 0 Å². The summed E-state index contributed by atoms with van der Waals surface area (Å²) in [5.41, 5.74) is -1.34. The fourth-order valence-electron chi connectivity index (χ4n) is 0.839. The van der Waals surface area contributed by atoms with Crippen molar-refractivity contribution in [2.75, 3.05) is 14.1 Å². The second-order valence-corrected chi connectivity index (χ2v) is 4.37. The van der Waals surface area contributed by atoms with Crippen LogP contribution in [0.3, 0.4) is 0 Å². The molecular formula is C12H18ClNO3. The van der Waals surface area contributed by atoms with E-state index < -0.39 is 11.6 Å². The molecule has 1 aromatic carbocycles. The van der Waals surface area contributed by atoms with Gasteiger partial charge in [-0.05, 0) is 38.1 Å². The van der Waals surface area contributed by atoms with Gasteiger partial charge in [0.25, 0.3) is 0 Å². The van der Waals surface area contributed by atoms with Gasteiger partial charge in [0, 0.05) is 5.02 Å². The number of carboxylic acids is 1. The number of benzene rings is 1. The van der Waals surface area contributed by atoms with E-state index in [0.717, 1.165) is 0 Å². The van der Waals surface area contributed by atoms with Crippen LogP contribution in [0.4, 0.5) is 0 Å². The predicted octanol–water partition coefficient (Wildman–Crippen LogP) is 0.0567. The molecule has 0 aliphatic carbocycles. The number of hydrogen-bond donors (Lipinski definition) is 1. The van der Waals surface area contributed by atoms with Crippen molar-refractivity contribution in [3.05, 3.63) is 29.3 Å². The molecule has 0 saturated heterocycles. The number of halogens is 1. The topological polar surface area (TPSA) is 66.0 Å². The van der Waals surface area contributed by atoms with Crippen LogP contribution < -0.4 is 15.2 Å².